The van der Waals surface area contributed by atoms with Crippen molar-refractivity contribution in [3.05, 3.63) is 69.3 Å². The molecule has 0 saturated carbocycles. The van der Waals surface area contributed by atoms with Gasteiger partial charge in [0.15, 0.2) is 0 Å². The van der Waals surface area contributed by atoms with Gasteiger partial charge in [0.05, 0.1) is 4.92 Å². The number of nitro groups is 1. The SMILES string of the molecule is Cc1ccc(C)c(CN2CCN(c3ccc([N+](=O)[O-])cc3)CC2)c1. The first-order valence-electron chi connectivity index (χ1n) is 8.31. The summed E-state index contributed by atoms with van der Waals surface area (Å²) in [6.45, 7) is 9.19. The number of hydrogen-bond acceptors (Lipinski definition) is 4. The van der Waals surface area contributed by atoms with E-state index in [1.165, 1.54) is 16.7 Å². The van der Waals surface area contributed by atoms with Crippen LogP contribution in [0.15, 0.2) is 42.5 Å². The Bertz CT molecular complexity index is 720. The smallest absolute Gasteiger partial charge is 0.269 e. The molecule has 0 spiro atoms. The van der Waals surface area contributed by atoms with Crippen LogP contribution in [0.5, 0.6) is 0 Å². The van der Waals surface area contributed by atoms with Crippen molar-refractivity contribution < 1.29 is 4.92 Å². The molecular formula is C19H23N3O2. The molecule has 5 nitrogen and oxygen atoms in total. The Balaban J connectivity index is 1.59. The summed E-state index contributed by atoms with van der Waals surface area (Å²) in [5, 5.41) is 10.7. The second kappa shape index (κ2) is 7.01. The average molecular weight is 325 g/mol. The van der Waals surface area contributed by atoms with Crippen molar-refractivity contribution in [3.63, 3.8) is 0 Å². The molecule has 1 aliphatic heterocycles. The third-order valence-electron chi connectivity index (χ3n) is 4.70. The van der Waals surface area contributed by atoms with Crippen molar-refractivity contribution in [2.24, 2.45) is 0 Å². The molecule has 2 aromatic carbocycles. The Kier molecular flexibility index (Phi) is 4.81. The van der Waals surface area contributed by atoms with Crippen LogP contribution in [0.25, 0.3) is 0 Å². The molecule has 0 radical (unpaired) electrons. The molecule has 0 atom stereocenters. The van der Waals surface area contributed by atoms with Gasteiger partial charge in [-0.25, -0.2) is 0 Å². The highest BCUT2D eigenvalue weighted by Crippen LogP contribution is 2.21. The topological polar surface area (TPSA) is 49.6 Å². The van der Waals surface area contributed by atoms with E-state index in [-0.39, 0.29) is 10.6 Å². The van der Waals surface area contributed by atoms with Crippen molar-refractivity contribution in [2.45, 2.75) is 20.4 Å². The molecule has 2 aromatic rings. The van der Waals surface area contributed by atoms with Crippen molar-refractivity contribution in [1.29, 1.82) is 0 Å². The maximum atomic E-state index is 10.7. The summed E-state index contributed by atoms with van der Waals surface area (Å²) in [6, 6.07) is 13.5. The number of non-ortho nitro benzene ring substituents is 1. The zero-order chi connectivity index (χ0) is 17.1. The highest BCUT2D eigenvalue weighted by atomic mass is 16.6. The second-order valence-electron chi connectivity index (χ2n) is 6.47. The minimum atomic E-state index is -0.355. The summed E-state index contributed by atoms with van der Waals surface area (Å²) in [5.41, 5.74) is 5.26. The maximum Gasteiger partial charge on any atom is 0.269 e. The van der Waals surface area contributed by atoms with Crippen molar-refractivity contribution in [3.8, 4) is 0 Å². The van der Waals surface area contributed by atoms with Gasteiger partial charge in [-0.1, -0.05) is 23.8 Å². The Hall–Kier alpha value is -2.40. The van der Waals surface area contributed by atoms with E-state index in [9.17, 15) is 10.1 Å². The molecule has 0 amide bonds. The summed E-state index contributed by atoms with van der Waals surface area (Å²) < 4.78 is 0. The number of nitrogens with zero attached hydrogens (tertiary/aromatic N) is 3. The minimum absolute atomic E-state index is 0.146. The quantitative estimate of drug-likeness (QED) is 0.637. The van der Waals surface area contributed by atoms with E-state index in [1.807, 2.05) is 12.1 Å². The summed E-state index contributed by atoms with van der Waals surface area (Å²) in [4.78, 5) is 15.2. The van der Waals surface area contributed by atoms with E-state index in [2.05, 4.69) is 41.8 Å². The lowest BCUT2D eigenvalue weighted by Gasteiger charge is -2.36. The molecule has 0 aromatic heterocycles. The van der Waals surface area contributed by atoms with Crippen LogP contribution in [-0.4, -0.2) is 36.0 Å². The normalized spacial score (nSPS) is 15.5. The van der Waals surface area contributed by atoms with Gasteiger partial charge in [-0.2, -0.15) is 0 Å². The third kappa shape index (κ3) is 3.74. The number of aryl methyl sites for hydroxylation is 2. The molecule has 1 heterocycles. The van der Waals surface area contributed by atoms with Gasteiger partial charge in [0.2, 0.25) is 0 Å². The lowest BCUT2D eigenvalue weighted by atomic mass is 10.0. The van der Waals surface area contributed by atoms with E-state index in [4.69, 9.17) is 0 Å². The highest BCUT2D eigenvalue weighted by Gasteiger charge is 2.18. The highest BCUT2D eigenvalue weighted by molar-refractivity contribution is 5.51. The molecule has 1 aliphatic rings. The Morgan fingerprint density at radius 3 is 2.29 bits per heavy atom. The number of anilines is 1. The summed E-state index contributed by atoms with van der Waals surface area (Å²) in [5.74, 6) is 0. The number of benzene rings is 2. The molecular weight excluding hydrogens is 302 g/mol. The minimum Gasteiger partial charge on any atom is -0.369 e. The maximum absolute atomic E-state index is 10.7. The van der Waals surface area contributed by atoms with Gasteiger partial charge in [-0.05, 0) is 37.1 Å². The molecule has 126 valence electrons. The molecule has 0 bridgehead atoms. The van der Waals surface area contributed by atoms with Crippen LogP contribution >= 0.6 is 0 Å². The lowest BCUT2D eigenvalue weighted by Crippen LogP contribution is -2.46. The number of hydrogen-bond donors (Lipinski definition) is 0. The Labute approximate surface area is 142 Å². The van der Waals surface area contributed by atoms with Gasteiger partial charge in [0, 0.05) is 50.5 Å². The summed E-state index contributed by atoms with van der Waals surface area (Å²) in [6.07, 6.45) is 0. The Morgan fingerprint density at radius 2 is 1.67 bits per heavy atom. The summed E-state index contributed by atoms with van der Waals surface area (Å²) >= 11 is 0. The zero-order valence-electron chi connectivity index (χ0n) is 14.2. The standard InChI is InChI=1S/C19H23N3O2/c1-15-3-4-16(2)17(13-15)14-20-9-11-21(12-10-20)18-5-7-19(8-6-18)22(23)24/h3-8,13H,9-12,14H2,1-2H3. The monoisotopic (exact) mass is 325 g/mol. The predicted octanol–water partition coefficient (Wildman–Crippen LogP) is 3.53. The van der Waals surface area contributed by atoms with Crippen molar-refractivity contribution in [2.75, 3.05) is 31.1 Å². The van der Waals surface area contributed by atoms with Crippen LogP contribution in [-0.2, 0) is 6.54 Å². The lowest BCUT2D eigenvalue weighted by molar-refractivity contribution is -0.384. The van der Waals surface area contributed by atoms with Crippen LogP contribution in [0.1, 0.15) is 16.7 Å². The van der Waals surface area contributed by atoms with Crippen LogP contribution in [0.4, 0.5) is 11.4 Å². The van der Waals surface area contributed by atoms with Crippen molar-refractivity contribution >= 4 is 11.4 Å². The van der Waals surface area contributed by atoms with Crippen LogP contribution in [0, 0.1) is 24.0 Å². The summed E-state index contributed by atoms with van der Waals surface area (Å²) in [7, 11) is 0. The number of nitro benzene ring substituents is 1. The number of rotatable bonds is 4. The van der Waals surface area contributed by atoms with E-state index in [1.54, 1.807) is 12.1 Å². The molecule has 24 heavy (non-hydrogen) atoms. The van der Waals surface area contributed by atoms with Gasteiger partial charge in [-0.3, -0.25) is 15.0 Å². The van der Waals surface area contributed by atoms with Crippen molar-refractivity contribution in [1.82, 2.24) is 4.90 Å². The van der Waals surface area contributed by atoms with Gasteiger partial charge in [-0.15, -0.1) is 0 Å². The van der Waals surface area contributed by atoms with Crippen LogP contribution < -0.4 is 4.90 Å². The first kappa shape index (κ1) is 16.5. The fraction of sp³-hybridized carbons (Fsp3) is 0.368. The molecule has 1 saturated heterocycles. The zero-order valence-corrected chi connectivity index (χ0v) is 14.2. The van der Waals surface area contributed by atoms with Gasteiger partial charge in [0.25, 0.3) is 5.69 Å². The van der Waals surface area contributed by atoms with Gasteiger partial charge in [0.1, 0.15) is 0 Å². The van der Waals surface area contributed by atoms with E-state index in [0.29, 0.717) is 0 Å². The van der Waals surface area contributed by atoms with Crippen LogP contribution in [0.2, 0.25) is 0 Å². The molecule has 0 unspecified atom stereocenters. The van der Waals surface area contributed by atoms with Crippen LogP contribution in [0.3, 0.4) is 0 Å². The predicted molar refractivity (Wildman–Crippen MR) is 96.5 cm³/mol. The van der Waals surface area contributed by atoms with Gasteiger partial charge < -0.3 is 4.90 Å². The third-order valence-corrected chi connectivity index (χ3v) is 4.70. The molecule has 5 heteroatoms. The first-order chi connectivity index (χ1) is 11.5. The fourth-order valence-electron chi connectivity index (χ4n) is 3.16. The van der Waals surface area contributed by atoms with E-state index >= 15 is 0 Å². The molecule has 3 rings (SSSR count). The molecule has 1 fully saturated rings. The van der Waals surface area contributed by atoms with E-state index < -0.39 is 0 Å². The first-order valence-corrected chi connectivity index (χ1v) is 8.31. The van der Waals surface area contributed by atoms with Gasteiger partial charge >= 0.3 is 0 Å². The largest absolute Gasteiger partial charge is 0.369 e. The average Bonchev–Trinajstić information content (AvgIpc) is 2.59. The fourth-order valence-corrected chi connectivity index (χ4v) is 3.16. The Morgan fingerprint density at radius 1 is 1.00 bits per heavy atom. The second-order valence-corrected chi connectivity index (χ2v) is 6.47. The molecule has 0 aliphatic carbocycles. The number of piperazine rings is 1. The van der Waals surface area contributed by atoms with E-state index in [0.717, 1.165) is 38.4 Å². The molecule has 0 N–H and O–H groups in total.